The standard InChI is InChI=1S/C18H23F3N4OS/c1-12-6-4-7-13(2)16(12)26-9-5-8-23-17(22-3)24-10-15-25-14(11-27-15)18(19,20)21/h4,6-7,11H,5,8-10H2,1-3H3,(H2,22,23,24). The second kappa shape index (κ2) is 9.59. The molecule has 2 N–H and O–H groups in total. The molecule has 1 heterocycles. The molecule has 2 rings (SSSR count). The van der Waals surface area contributed by atoms with E-state index in [2.05, 4.69) is 20.6 Å². The van der Waals surface area contributed by atoms with Gasteiger partial charge in [-0.05, 0) is 31.4 Å². The Bertz CT molecular complexity index is 754. The van der Waals surface area contributed by atoms with Gasteiger partial charge in [0.1, 0.15) is 10.8 Å². The first kappa shape index (κ1) is 21.0. The minimum atomic E-state index is -4.41. The molecule has 0 bridgehead atoms. The fourth-order valence-electron chi connectivity index (χ4n) is 2.38. The number of guanidine groups is 1. The van der Waals surface area contributed by atoms with Crippen LogP contribution in [-0.2, 0) is 12.7 Å². The lowest BCUT2D eigenvalue weighted by Crippen LogP contribution is -2.37. The molecular weight excluding hydrogens is 377 g/mol. The van der Waals surface area contributed by atoms with Crippen LogP contribution in [0.1, 0.15) is 28.2 Å². The second-order valence-electron chi connectivity index (χ2n) is 5.90. The zero-order valence-electron chi connectivity index (χ0n) is 15.5. The van der Waals surface area contributed by atoms with Gasteiger partial charge in [0.2, 0.25) is 0 Å². The molecule has 1 aromatic heterocycles. The number of para-hydroxylation sites is 1. The van der Waals surface area contributed by atoms with Crippen LogP contribution in [0, 0.1) is 13.8 Å². The molecule has 148 valence electrons. The third-order valence-electron chi connectivity index (χ3n) is 3.74. The summed E-state index contributed by atoms with van der Waals surface area (Å²) in [6, 6.07) is 6.01. The molecule has 0 saturated heterocycles. The number of nitrogens with one attached hydrogen (secondary N) is 2. The van der Waals surface area contributed by atoms with Gasteiger partial charge in [0.25, 0.3) is 0 Å². The van der Waals surface area contributed by atoms with E-state index in [1.807, 2.05) is 32.0 Å². The lowest BCUT2D eigenvalue weighted by Gasteiger charge is -2.13. The summed E-state index contributed by atoms with van der Waals surface area (Å²) in [6.07, 6.45) is -3.66. The van der Waals surface area contributed by atoms with Crippen LogP contribution in [0.5, 0.6) is 5.75 Å². The fraction of sp³-hybridized carbons (Fsp3) is 0.444. The maximum atomic E-state index is 12.6. The normalized spacial score (nSPS) is 12.1. The molecular formula is C18H23F3N4OS. The number of aromatic nitrogens is 1. The first-order chi connectivity index (χ1) is 12.8. The van der Waals surface area contributed by atoms with Crippen molar-refractivity contribution in [3.05, 3.63) is 45.4 Å². The summed E-state index contributed by atoms with van der Waals surface area (Å²) in [5.41, 5.74) is 1.33. The second-order valence-corrected chi connectivity index (χ2v) is 6.84. The summed E-state index contributed by atoms with van der Waals surface area (Å²) >= 11 is 0.965. The van der Waals surface area contributed by atoms with Crippen LogP contribution < -0.4 is 15.4 Å². The van der Waals surface area contributed by atoms with E-state index in [1.54, 1.807) is 7.05 Å². The predicted octanol–water partition coefficient (Wildman–Crippen LogP) is 3.91. The zero-order valence-corrected chi connectivity index (χ0v) is 16.3. The number of benzene rings is 1. The van der Waals surface area contributed by atoms with Gasteiger partial charge in [-0.1, -0.05) is 18.2 Å². The van der Waals surface area contributed by atoms with Gasteiger partial charge in [-0.15, -0.1) is 11.3 Å². The van der Waals surface area contributed by atoms with Crippen molar-refractivity contribution in [1.82, 2.24) is 15.6 Å². The third-order valence-corrected chi connectivity index (χ3v) is 4.59. The van der Waals surface area contributed by atoms with Gasteiger partial charge in [0.15, 0.2) is 11.7 Å². The number of hydrogen-bond donors (Lipinski definition) is 2. The number of thiazole rings is 1. The van der Waals surface area contributed by atoms with Crippen molar-refractivity contribution in [3.63, 3.8) is 0 Å². The average Bonchev–Trinajstić information content (AvgIpc) is 3.09. The van der Waals surface area contributed by atoms with Crippen LogP contribution >= 0.6 is 11.3 Å². The summed E-state index contributed by atoms with van der Waals surface area (Å²) in [7, 11) is 1.60. The van der Waals surface area contributed by atoms with E-state index >= 15 is 0 Å². The SMILES string of the molecule is CN=C(NCCCOc1c(C)cccc1C)NCc1nc(C(F)(F)F)cs1. The molecule has 0 saturated carbocycles. The highest BCUT2D eigenvalue weighted by Gasteiger charge is 2.33. The molecule has 0 fully saturated rings. The van der Waals surface area contributed by atoms with Crippen molar-refractivity contribution in [1.29, 1.82) is 0 Å². The van der Waals surface area contributed by atoms with Gasteiger partial charge >= 0.3 is 6.18 Å². The molecule has 0 aliphatic heterocycles. The van der Waals surface area contributed by atoms with Crippen LogP contribution in [0.2, 0.25) is 0 Å². The van der Waals surface area contributed by atoms with Crippen molar-refractivity contribution in [2.24, 2.45) is 4.99 Å². The Morgan fingerprint density at radius 3 is 2.52 bits per heavy atom. The van der Waals surface area contributed by atoms with Gasteiger partial charge < -0.3 is 15.4 Å². The largest absolute Gasteiger partial charge is 0.493 e. The van der Waals surface area contributed by atoms with E-state index < -0.39 is 11.9 Å². The van der Waals surface area contributed by atoms with Crippen molar-refractivity contribution >= 4 is 17.3 Å². The number of aryl methyl sites for hydroxylation is 2. The average molecular weight is 400 g/mol. The van der Waals surface area contributed by atoms with Crippen LogP contribution in [0.3, 0.4) is 0 Å². The summed E-state index contributed by atoms with van der Waals surface area (Å²) in [5.74, 6) is 1.41. The Morgan fingerprint density at radius 1 is 1.22 bits per heavy atom. The summed E-state index contributed by atoms with van der Waals surface area (Å²) in [6.45, 7) is 5.37. The highest BCUT2D eigenvalue weighted by molar-refractivity contribution is 7.09. The van der Waals surface area contributed by atoms with E-state index in [9.17, 15) is 13.2 Å². The number of ether oxygens (including phenoxy) is 1. The molecule has 0 amide bonds. The minimum absolute atomic E-state index is 0.180. The Labute approximate surface area is 160 Å². The molecule has 0 unspecified atom stereocenters. The van der Waals surface area contributed by atoms with Gasteiger partial charge in [0.05, 0.1) is 13.2 Å². The van der Waals surface area contributed by atoms with E-state index in [-0.39, 0.29) is 6.54 Å². The van der Waals surface area contributed by atoms with Gasteiger partial charge in [-0.25, -0.2) is 4.98 Å². The number of rotatable bonds is 7. The van der Waals surface area contributed by atoms with E-state index in [0.717, 1.165) is 40.0 Å². The van der Waals surface area contributed by atoms with Crippen molar-refractivity contribution in [2.75, 3.05) is 20.2 Å². The highest BCUT2D eigenvalue weighted by Crippen LogP contribution is 2.29. The van der Waals surface area contributed by atoms with Crippen molar-refractivity contribution < 1.29 is 17.9 Å². The minimum Gasteiger partial charge on any atom is -0.493 e. The van der Waals surface area contributed by atoms with E-state index in [1.165, 1.54) is 0 Å². The molecule has 0 aliphatic carbocycles. The van der Waals surface area contributed by atoms with Crippen LogP contribution in [0.25, 0.3) is 0 Å². The molecule has 0 radical (unpaired) electrons. The predicted molar refractivity (Wildman–Crippen MR) is 101 cm³/mol. The number of hydrogen-bond acceptors (Lipinski definition) is 4. The molecule has 2 aromatic rings. The van der Waals surface area contributed by atoms with Crippen molar-refractivity contribution in [2.45, 2.75) is 33.0 Å². The fourth-order valence-corrected chi connectivity index (χ4v) is 3.12. The maximum absolute atomic E-state index is 12.6. The number of halogens is 3. The lowest BCUT2D eigenvalue weighted by molar-refractivity contribution is -0.140. The summed E-state index contributed by atoms with van der Waals surface area (Å²) in [4.78, 5) is 7.63. The molecule has 0 spiro atoms. The molecule has 0 aliphatic rings. The number of nitrogens with zero attached hydrogens (tertiary/aromatic N) is 2. The van der Waals surface area contributed by atoms with Crippen LogP contribution in [0.15, 0.2) is 28.6 Å². The monoisotopic (exact) mass is 400 g/mol. The first-order valence-corrected chi connectivity index (χ1v) is 9.34. The van der Waals surface area contributed by atoms with Gasteiger partial charge in [-0.3, -0.25) is 4.99 Å². The van der Waals surface area contributed by atoms with Crippen molar-refractivity contribution in [3.8, 4) is 5.75 Å². The van der Waals surface area contributed by atoms with Crippen LogP contribution in [-0.4, -0.2) is 31.1 Å². The van der Waals surface area contributed by atoms with Gasteiger partial charge in [-0.2, -0.15) is 13.2 Å². The third kappa shape index (κ3) is 6.42. The van der Waals surface area contributed by atoms with E-state index in [4.69, 9.17) is 4.74 Å². The molecule has 9 heteroatoms. The Kier molecular flexibility index (Phi) is 7.46. The maximum Gasteiger partial charge on any atom is 0.434 e. The number of aliphatic imine (C=N–C) groups is 1. The first-order valence-electron chi connectivity index (χ1n) is 8.46. The highest BCUT2D eigenvalue weighted by atomic mass is 32.1. The number of alkyl halides is 3. The zero-order chi connectivity index (χ0) is 19.9. The van der Waals surface area contributed by atoms with E-state index in [0.29, 0.717) is 24.1 Å². The Morgan fingerprint density at radius 2 is 1.93 bits per heavy atom. The lowest BCUT2D eigenvalue weighted by atomic mass is 10.1. The topological polar surface area (TPSA) is 58.5 Å². The summed E-state index contributed by atoms with van der Waals surface area (Å²) < 4.78 is 43.5. The Hall–Kier alpha value is -2.29. The smallest absolute Gasteiger partial charge is 0.434 e. The van der Waals surface area contributed by atoms with Crippen LogP contribution in [0.4, 0.5) is 13.2 Å². The molecule has 0 atom stereocenters. The quantitative estimate of drug-likeness (QED) is 0.420. The Balaban J connectivity index is 1.71. The summed E-state index contributed by atoms with van der Waals surface area (Å²) in [5, 5.41) is 7.42. The molecule has 27 heavy (non-hydrogen) atoms. The molecule has 5 nitrogen and oxygen atoms in total. The van der Waals surface area contributed by atoms with Gasteiger partial charge in [0, 0.05) is 19.0 Å². The molecule has 1 aromatic carbocycles.